The van der Waals surface area contributed by atoms with E-state index in [9.17, 15) is 4.79 Å². The van der Waals surface area contributed by atoms with Crippen LogP contribution >= 0.6 is 0 Å². The summed E-state index contributed by atoms with van der Waals surface area (Å²) < 4.78 is 3.43. The van der Waals surface area contributed by atoms with Gasteiger partial charge in [0.1, 0.15) is 11.4 Å². The summed E-state index contributed by atoms with van der Waals surface area (Å²) in [5, 5.41) is 8.54. The van der Waals surface area contributed by atoms with E-state index in [1.807, 2.05) is 30.3 Å². The fourth-order valence-electron chi connectivity index (χ4n) is 2.22. The Balaban J connectivity index is 1.89. The lowest BCUT2D eigenvalue weighted by Crippen LogP contribution is -2.12. The second-order valence-corrected chi connectivity index (χ2v) is 4.75. The molecule has 3 rings (SSSR count). The van der Waals surface area contributed by atoms with Gasteiger partial charge in [-0.25, -0.2) is 4.68 Å². The lowest BCUT2D eigenvalue weighted by atomic mass is 10.2. The number of hydrogen-bond donors (Lipinski definition) is 0. The van der Waals surface area contributed by atoms with Crippen molar-refractivity contribution in [2.45, 2.75) is 19.9 Å². The van der Waals surface area contributed by atoms with Gasteiger partial charge in [-0.3, -0.25) is 9.48 Å². The number of carbonyl (C=O) groups is 1. The first-order valence-electron chi connectivity index (χ1n) is 6.97. The number of hydrogen-bond acceptors (Lipinski definition) is 3. The fourth-order valence-corrected chi connectivity index (χ4v) is 2.22. The van der Waals surface area contributed by atoms with Crippen LogP contribution in [0.3, 0.4) is 0 Å². The molecule has 2 aromatic heterocycles. The Morgan fingerprint density at radius 1 is 1.14 bits per heavy atom. The molecule has 0 radical (unpaired) electrons. The van der Waals surface area contributed by atoms with E-state index >= 15 is 0 Å². The van der Waals surface area contributed by atoms with Gasteiger partial charge in [-0.2, -0.15) is 10.2 Å². The van der Waals surface area contributed by atoms with Crippen molar-refractivity contribution in [2.75, 3.05) is 0 Å². The summed E-state index contributed by atoms with van der Waals surface area (Å²) in [5.41, 5.74) is 1.94. The summed E-state index contributed by atoms with van der Waals surface area (Å²) in [6.45, 7) is 2.79. The average molecular weight is 280 g/mol. The maximum absolute atomic E-state index is 12.5. The zero-order valence-corrected chi connectivity index (χ0v) is 11.8. The van der Waals surface area contributed by atoms with Gasteiger partial charge in [-0.05, 0) is 30.7 Å². The molecule has 0 saturated carbocycles. The Morgan fingerprint density at radius 3 is 2.71 bits per heavy atom. The van der Waals surface area contributed by atoms with Crippen molar-refractivity contribution in [1.82, 2.24) is 19.6 Å². The van der Waals surface area contributed by atoms with E-state index in [0.717, 1.165) is 18.7 Å². The molecule has 0 atom stereocenters. The highest BCUT2D eigenvalue weighted by atomic mass is 16.1. The monoisotopic (exact) mass is 280 g/mol. The summed E-state index contributed by atoms with van der Waals surface area (Å²) in [4.78, 5) is 12.5. The minimum Gasteiger partial charge on any atom is -0.285 e. The van der Waals surface area contributed by atoms with Gasteiger partial charge in [0.15, 0.2) is 0 Å². The first kappa shape index (κ1) is 13.3. The number of carbonyl (C=O) groups excluding carboxylic acids is 1. The number of benzene rings is 1. The van der Waals surface area contributed by atoms with Crippen LogP contribution in [0, 0.1) is 0 Å². The molecular formula is C16H16N4O. The Kier molecular flexibility index (Phi) is 3.64. The largest absolute Gasteiger partial charge is 0.285 e. The molecule has 5 heteroatoms. The van der Waals surface area contributed by atoms with Crippen LogP contribution in [0.1, 0.15) is 29.5 Å². The predicted octanol–water partition coefficient (Wildman–Crippen LogP) is 2.71. The van der Waals surface area contributed by atoms with Gasteiger partial charge in [-0.15, -0.1) is 0 Å². The molecule has 0 aliphatic rings. The van der Waals surface area contributed by atoms with Crippen molar-refractivity contribution >= 4 is 5.78 Å². The molecule has 0 aliphatic heterocycles. The van der Waals surface area contributed by atoms with Gasteiger partial charge in [-0.1, -0.05) is 25.1 Å². The highest BCUT2D eigenvalue weighted by Crippen LogP contribution is 2.11. The highest BCUT2D eigenvalue weighted by Gasteiger charge is 2.17. The highest BCUT2D eigenvalue weighted by molar-refractivity contribution is 6.06. The van der Waals surface area contributed by atoms with E-state index in [2.05, 4.69) is 17.1 Å². The van der Waals surface area contributed by atoms with Gasteiger partial charge < -0.3 is 0 Å². The maximum atomic E-state index is 12.5. The molecule has 0 N–H and O–H groups in total. The number of para-hydroxylation sites is 1. The number of ketones is 1. The van der Waals surface area contributed by atoms with Crippen LogP contribution in [-0.4, -0.2) is 25.3 Å². The zero-order valence-electron chi connectivity index (χ0n) is 11.8. The van der Waals surface area contributed by atoms with E-state index in [4.69, 9.17) is 0 Å². The topological polar surface area (TPSA) is 52.7 Å². The van der Waals surface area contributed by atoms with Crippen molar-refractivity contribution in [2.24, 2.45) is 0 Å². The van der Waals surface area contributed by atoms with Crippen molar-refractivity contribution < 1.29 is 4.79 Å². The average Bonchev–Trinajstić information content (AvgIpc) is 3.17. The lowest BCUT2D eigenvalue weighted by molar-refractivity contribution is 0.102. The van der Waals surface area contributed by atoms with E-state index in [-0.39, 0.29) is 5.78 Å². The normalized spacial score (nSPS) is 10.7. The molecule has 21 heavy (non-hydrogen) atoms. The molecule has 0 saturated heterocycles. The molecule has 0 spiro atoms. The van der Waals surface area contributed by atoms with Crippen LogP contribution in [0.5, 0.6) is 0 Å². The maximum Gasteiger partial charge on any atom is 0.231 e. The van der Waals surface area contributed by atoms with Crippen LogP contribution < -0.4 is 0 Å². The summed E-state index contributed by atoms with van der Waals surface area (Å²) in [6.07, 6.45) is 4.38. The van der Waals surface area contributed by atoms with E-state index < -0.39 is 0 Å². The van der Waals surface area contributed by atoms with Gasteiger partial charge in [0, 0.05) is 18.9 Å². The first-order chi connectivity index (χ1) is 10.3. The molecule has 0 bridgehead atoms. The van der Waals surface area contributed by atoms with Gasteiger partial charge in [0.25, 0.3) is 0 Å². The minimum absolute atomic E-state index is 0.101. The Hall–Kier alpha value is -2.69. The van der Waals surface area contributed by atoms with Gasteiger partial charge >= 0.3 is 0 Å². The van der Waals surface area contributed by atoms with Crippen LogP contribution in [-0.2, 0) is 6.54 Å². The Labute approximate surface area is 122 Å². The first-order valence-corrected chi connectivity index (χ1v) is 6.97. The second-order valence-electron chi connectivity index (χ2n) is 4.75. The molecule has 5 nitrogen and oxygen atoms in total. The van der Waals surface area contributed by atoms with Crippen molar-refractivity contribution in [3.63, 3.8) is 0 Å². The SMILES string of the molecule is CCCn1nccc1C(=O)c1ccn(-c2ccccc2)n1. The van der Waals surface area contributed by atoms with Gasteiger partial charge in [0.2, 0.25) is 5.78 Å². The second kappa shape index (κ2) is 5.75. The van der Waals surface area contributed by atoms with E-state index in [0.29, 0.717) is 11.4 Å². The lowest BCUT2D eigenvalue weighted by Gasteiger charge is -2.03. The summed E-state index contributed by atoms with van der Waals surface area (Å²) in [6, 6.07) is 13.2. The van der Waals surface area contributed by atoms with E-state index in [1.54, 1.807) is 33.9 Å². The van der Waals surface area contributed by atoms with Crippen LogP contribution in [0.15, 0.2) is 54.9 Å². The summed E-state index contributed by atoms with van der Waals surface area (Å²) in [7, 11) is 0. The number of rotatable bonds is 5. The Morgan fingerprint density at radius 2 is 1.95 bits per heavy atom. The smallest absolute Gasteiger partial charge is 0.231 e. The van der Waals surface area contributed by atoms with Crippen LogP contribution in [0.25, 0.3) is 5.69 Å². The Bertz CT molecular complexity index is 742. The molecule has 0 amide bonds. The number of nitrogens with zero attached hydrogens (tertiary/aromatic N) is 4. The minimum atomic E-state index is -0.101. The fraction of sp³-hybridized carbons (Fsp3) is 0.188. The van der Waals surface area contributed by atoms with Crippen LogP contribution in [0.2, 0.25) is 0 Å². The van der Waals surface area contributed by atoms with Gasteiger partial charge in [0.05, 0.1) is 5.69 Å². The molecule has 0 fully saturated rings. The third-order valence-electron chi connectivity index (χ3n) is 3.23. The third-order valence-corrected chi connectivity index (χ3v) is 3.23. The number of aryl methyl sites for hydroxylation is 1. The summed E-state index contributed by atoms with van der Waals surface area (Å²) in [5.74, 6) is -0.101. The standard InChI is InChI=1S/C16H16N4O/c1-2-11-20-15(8-10-17-20)16(21)14-9-12-19(18-14)13-6-4-3-5-7-13/h3-10,12H,2,11H2,1H3. The summed E-state index contributed by atoms with van der Waals surface area (Å²) >= 11 is 0. The van der Waals surface area contributed by atoms with Crippen molar-refractivity contribution in [3.8, 4) is 5.69 Å². The van der Waals surface area contributed by atoms with Crippen molar-refractivity contribution in [1.29, 1.82) is 0 Å². The molecule has 106 valence electrons. The quantitative estimate of drug-likeness (QED) is 0.675. The zero-order chi connectivity index (χ0) is 14.7. The molecule has 2 heterocycles. The molecule has 3 aromatic rings. The molecular weight excluding hydrogens is 264 g/mol. The third kappa shape index (κ3) is 2.63. The van der Waals surface area contributed by atoms with Crippen LogP contribution in [0.4, 0.5) is 0 Å². The molecule has 0 unspecified atom stereocenters. The predicted molar refractivity (Wildman–Crippen MR) is 79.5 cm³/mol. The van der Waals surface area contributed by atoms with E-state index in [1.165, 1.54) is 0 Å². The molecule has 1 aromatic carbocycles. The molecule has 0 aliphatic carbocycles. The number of aromatic nitrogens is 4. The van der Waals surface area contributed by atoms with Crippen molar-refractivity contribution in [3.05, 3.63) is 66.2 Å².